The van der Waals surface area contributed by atoms with Gasteiger partial charge in [0.2, 0.25) is 5.91 Å². The molecule has 0 saturated heterocycles. The second-order valence-electron chi connectivity index (χ2n) is 12.0. The zero-order valence-electron chi connectivity index (χ0n) is 25.1. The topological polar surface area (TPSA) is 126 Å². The first-order chi connectivity index (χ1) is 20.2. The fourth-order valence-electron chi connectivity index (χ4n) is 5.87. The molecule has 1 aliphatic carbocycles. The highest BCUT2D eigenvalue weighted by Gasteiger charge is 2.51. The first-order valence-corrected chi connectivity index (χ1v) is 15.1. The number of nitrogens with zero attached hydrogens (tertiary/aromatic N) is 2. The van der Waals surface area contributed by atoms with Gasteiger partial charge in [-0.2, -0.15) is 0 Å². The molecular weight excluding hydrogens is 530 g/mol. The molecule has 0 bridgehead atoms. The zero-order chi connectivity index (χ0) is 30.1. The number of hydrogen-bond donors (Lipinski definition) is 3. The summed E-state index contributed by atoms with van der Waals surface area (Å²) in [7, 11) is 1.27. The Balaban J connectivity index is 1.43. The number of nitrogens with one attached hydrogen (secondary N) is 2. The number of carbonyl (C=O) groups is 3. The molecule has 2 aromatic rings. The van der Waals surface area contributed by atoms with Gasteiger partial charge in [-0.05, 0) is 55.1 Å². The van der Waals surface area contributed by atoms with Crippen LogP contribution in [0.15, 0.2) is 65.7 Å². The minimum absolute atomic E-state index is 0.0602. The van der Waals surface area contributed by atoms with E-state index in [0.717, 1.165) is 24.0 Å². The van der Waals surface area contributed by atoms with Crippen LogP contribution in [0.5, 0.6) is 0 Å². The second kappa shape index (κ2) is 14.3. The van der Waals surface area contributed by atoms with Crippen molar-refractivity contribution in [2.75, 3.05) is 13.7 Å². The van der Waals surface area contributed by atoms with Gasteiger partial charge in [0.25, 0.3) is 5.91 Å². The van der Waals surface area contributed by atoms with Gasteiger partial charge in [0, 0.05) is 19.0 Å². The van der Waals surface area contributed by atoms with Crippen molar-refractivity contribution in [3.63, 3.8) is 0 Å². The Morgan fingerprint density at radius 2 is 1.74 bits per heavy atom. The van der Waals surface area contributed by atoms with Crippen LogP contribution >= 0.6 is 0 Å². The normalized spacial score (nSPS) is 19.8. The minimum atomic E-state index is -1.02. The average molecular weight is 576 g/mol. The average Bonchev–Trinajstić information content (AvgIpc) is 3.78. The van der Waals surface area contributed by atoms with E-state index < -0.39 is 17.7 Å². The van der Waals surface area contributed by atoms with Crippen molar-refractivity contribution in [2.45, 2.75) is 82.8 Å². The standard InChI is InChI=1S/C33H45N5O4/c1-23(2)22-33(26-13-8-5-9-14-26)30(40)38(31(34)37-33)27(19-18-24-16-17-24)15-10-20-35-29(39)28(36-32(41)42-3)21-25-11-6-4-7-12-25/h4-9,11-14,23-24,27-28H,10,15-22H2,1-3H3,(H2,34,37)(H,35,39)(H,36,41)/t27?,28-,33-/m0/s1. The lowest BCUT2D eigenvalue weighted by Gasteiger charge is -2.32. The third kappa shape index (κ3) is 7.89. The van der Waals surface area contributed by atoms with Gasteiger partial charge in [0.15, 0.2) is 11.5 Å². The molecule has 226 valence electrons. The van der Waals surface area contributed by atoms with E-state index in [1.54, 1.807) is 4.90 Å². The van der Waals surface area contributed by atoms with Crippen LogP contribution in [0, 0.1) is 11.8 Å². The molecule has 9 heteroatoms. The van der Waals surface area contributed by atoms with Crippen molar-refractivity contribution in [2.24, 2.45) is 22.6 Å². The van der Waals surface area contributed by atoms with Gasteiger partial charge in [0.1, 0.15) is 6.04 Å². The third-order valence-electron chi connectivity index (χ3n) is 8.14. The summed E-state index contributed by atoms with van der Waals surface area (Å²) in [6.07, 6.45) is 5.94. The number of ether oxygens (including phenoxy) is 1. The highest BCUT2D eigenvalue weighted by Crippen LogP contribution is 2.41. The number of guanidine groups is 1. The fraction of sp³-hybridized carbons (Fsp3) is 0.515. The Morgan fingerprint density at radius 1 is 1.07 bits per heavy atom. The fourth-order valence-corrected chi connectivity index (χ4v) is 5.87. The van der Waals surface area contributed by atoms with Crippen LogP contribution in [-0.4, -0.2) is 54.5 Å². The van der Waals surface area contributed by atoms with Gasteiger partial charge in [-0.25, -0.2) is 9.79 Å². The Morgan fingerprint density at radius 3 is 2.36 bits per heavy atom. The smallest absolute Gasteiger partial charge is 0.407 e. The number of alkyl carbamates (subject to hydrolysis) is 1. The van der Waals surface area contributed by atoms with Gasteiger partial charge in [-0.1, -0.05) is 87.4 Å². The molecule has 42 heavy (non-hydrogen) atoms. The first kappa shape index (κ1) is 31.1. The van der Waals surface area contributed by atoms with Crippen LogP contribution in [0.2, 0.25) is 0 Å². The van der Waals surface area contributed by atoms with Crippen molar-refractivity contribution in [1.29, 1.82) is 0 Å². The van der Waals surface area contributed by atoms with Crippen LogP contribution in [0.4, 0.5) is 4.79 Å². The summed E-state index contributed by atoms with van der Waals surface area (Å²) >= 11 is 0. The Bertz CT molecular complexity index is 1230. The number of aliphatic imine (C=N–C) groups is 1. The van der Waals surface area contributed by atoms with Crippen molar-refractivity contribution in [3.8, 4) is 0 Å². The lowest BCUT2D eigenvalue weighted by molar-refractivity contribution is -0.134. The predicted octanol–water partition coefficient (Wildman–Crippen LogP) is 4.51. The van der Waals surface area contributed by atoms with Gasteiger partial charge >= 0.3 is 6.09 Å². The molecule has 3 atom stereocenters. The largest absolute Gasteiger partial charge is 0.453 e. The predicted molar refractivity (Wildman–Crippen MR) is 164 cm³/mol. The van der Waals surface area contributed by atoms with Crippen LogP contribution in [-0.2, 0) is 26.3 Å². The summed E-state index contributed by atoms with van der Waals surface area (Å²) in [6.45, 7) is 4.60. The van der Waals surface area contributed by atoms with Crippen LogP contribution in [0.3, 0.4) is 0 Å². The monoisotopic (exact) mass is 575 g/mol. The van der Waals surface area contributed by atoms with Crippen LogP contribution in [0.25, 0.3) is 0 Å². The Labute approximate surface area is 249 Å². The molecule has 2 aromatic carbocycles. The van der Waals surface area contributed by atoms with Gasteiger partial charge < -0.3 is 21.1 Å². The van der Waals surface area contributed by atoms with E-state index in [1.807, 2.05) is 60.7 Å². The number of nitrogens with two attached hydrogens (primary N) is 1. The lowest BCUT2D eigenvalue weighted by atomic mass is 9.82. The summed E-state index contributed by atoms with van der Waals surface area (Å²) in [5.41, 5.74) is 7.32. The molecule has 9 nitrogen and oxygen atoms in total. The Kier molecular flexibility index (Phi) is 10.6. The molecule has 1 aliphatic heterocycles. The van der Waals surface area contributed by atoms with E-state index in [9.17, 15) is 14.4 Å². The highest BCUT2D eigenvalue weighted by atomic mass is 16.5. The molecule has 0 spiro atoms. The SMILES string of the molecule is COC(=O)N[C@@H](Cc1ccccc1)C(=O)NCCCC(CCC1CC1)N1C(=O)[C@](CC(C)C)(c2ccccc2)N=C1N. The summed E-state index contributed by atoms with van der Waals surface area (Å²) in [4.78, 5) is 45.8. The molecule has 1 fully saturated rings. The number of hydrogen-bond acceptors (Lipinski definition) is 6. The number of methoxy groups -OCH3 is 1. The van der Waals surface area contributed by atoms with E-state index in [0.29, 0.717) is 38.1 Å². The van der Waals surface area contributed by atoms with E-state index in [2.05, 4.69) is 24.5 Å². The van der Waals surface area contributed by atoms with Gasteiger partial charge in [-0.3, -0.25) is 14.5 Å². The third-order valence-corrected chi connectivity index (χ3v) is 8.14. The van der Waals surface area contributed by atoms with Crippen molar-refractivity contribution >= 4 is 23.9 Å². The quantitative estimate of drug-likeness (QED) is 0.270. The molecular formula is C33H45N5O4. The first-order valence-electron chi connectivity index (χ1n) is 15.1. The summed E-state index contributed by atoms with van der Waals surface area (Å²) < 4.78 is 4.74. The summed E-state index contributed by atoms with van der Waals surface area (Å²) in [5, 5.41) is 5.61. The van der Waals surface area contributed by atoms with Crippen molar-refractivity contribution in [1.82, 2.24) is 15.5 Å². The minimum Gasteiger partial charge on any atom is -0.453 e. The summed E-state index contributed by atoms with van der Waals surface area (Å²) in [6, 6.07) is 18.4. The van der Waals surface area contributed by atoms with Gasteiger partial charge in [0.05, 0.1) is 7.11 Å². The molecule has 1 heterocycles. The van der Waals surface area contributed by atoms with Crippen LogP contribution < -0.4 is 16.4 Å². The maximum absolute atomic E-state index is 14.2. The molecule has 2 aliphatic rings. The van der Waals surface area contributed by atoms with E-state index in [-0.39, 0.29) is 29.7 Å². The zero-order valence-corrected chi connectivity index (χ0v) is 25.1. The number of rotatable bonds is 15. The Hall–Kier alpha value is -3.88. The van der Waals surface area contributed by atoms with E-state index in [4.69, 9.17) is 15.5 Å². The molecule has 3 amide bonds. The number of carbonyl (C=O) groups excluding carboxylic acids is 3. The van der Waals surface area contributed by atoms with Crippen LogP contribution in [0.1, 0.15) is 69.9 Å². The molecule has 4 rings (SSSR count). The summed E-state index contributed by atoms with van der Waals surface area (Å²) in [5.74, 6) is 0.889. The van der Waals surface area contributed by atoms with Gasteiger partial charge in [-0.15, -0.1) is 0 Å². The maximum atomic E-state index is 14.2. The highest BCUT2D eigenvalue weighted by molar-refractivity contribution is 6.07. The molecule has 0 aromatic heterocycles. The van der Waals surface area contributed by atoms with Crippen molar-refractivity contribution < 1.29 is 19.1 Å². The van der Waals surface area contributed by atoms with Crippen molar-refractivity contribution in [3.05, 3.63) is 71.8 Å². The molecule has 1 saturated carbocycles. The number of benzene rings is 2. The number of amides is 3. The lowest BCUT2D eigenvalue weighted by Crippen LogP contribution is -2.50. The molecule has 4 N–H and O–H groups in total. The molecule has 1 unspecified atom stereocenters. The van der Waals surface area contributed by atoms with E-state index >= 15 is 0 Å². The maximum Gasteiger partial charge on any atom is 0.407 e. The molecule has 0 radical (unpaired) electrons. The van der Waals surface area contributed by atoms with E-state index in [1.165, 1.54) is 20.0 Å². The second-order valence-corrected chi connectivity index (χ2v) is 12.0.